The number of carbonyl (C=O) groups excluding carboxylic acids is 2. The van der Waals surface area contributed by atoms with Crippen molar-refractivity contribution in [2.75, 3.05) is 6.61 Å². The minimum absolute atomic E-state index is 0.0399. The lowest BCUT2D eigenvalue weighted by molar-refractivity contribution is -0.123. The number of ketones is 1. The molecule has 0 aromatic heterocycles. The van der Waals surface area contributed by atoms with Gasteiger partial charge in [-0.15, -0.1) is 0 Å². The van der Waals surface area contributed by atoms with Gasteiger partial charge in [0.15, 0.2) is 12.4 Å². The molecular weight excluding hydrogens is 321 g/mol. The van der Waals surface area contributed by atoms with Crippen molar-refractivity contribution in [2.24, 2.45) is 0 Å². The van der Waals surface area contributed by atoms with Gasteiger partial charge in [0.2, 0.25) is 0 Å². The van der Waals surface area contributed by atoms with E-state index in [1.165, 1.54) is 24.3 Å². The van der Waals surface area contributed by atoms with Crippen molar-refractivity contribution < 1.29 is 18.7 Å². The van der Waals surface area contributed by atoms with E-state index in [0.717, 1.165) is 25.7 Å². The Morgan fingerprint density at radius 1 is 0.960 bits per heavy atom. The summed E-state index contributed by atoms with van der Waals surface area (Å²) in [5, 5.41) is 2.96. The van der Waals surface area contributed by atoms with E-state index in [-0.39, 0.29) is 30.2 Å². The van der Waals surface area contributed by atoms with Crippen LogP contribution >= 0.6 is 0 Å². The van der Waals surface area contributed by atoms with Crippen molar-refractivity contribution >= 4 is 11.7 Å². The predicted molar refractivity (Wildman–Crippen MR) is 92.2 cm³/mol. The zero-order valence-corrected chi connectivity index (χ0v) is 13.8. The molecule has 0 aliphatic heterocycles. The molecule has 1 fully saturated rings. The molecule has 1 aliphatic rings. The molecule has 0 radical (unpaired) electrons. The number of hydrogen-bond acceptors (Lipinski definition) is 3. The van der Waals surface area contributed by atoms with Crippen LogP contribution in [-0.2, 0) is 4.79 Å². The van der Waals surface area contributed by atoms with E-state index >= 15 is 0 Å². The summed E-state index contributed by atoms with van der Waals surface area (Å²) in [6.07, 6.45) is 4.39. The van der Waals surface area contributed by atoms with Crippen LogP contribution in [0.2, 0.25) is 0 Å². The molecule has 3 rings (SSSR count). The quantitative estimate of drug-likeness (QED) is 0.818. The second-order valence-electron chi connectivity index (χ2n) is 6.20. The maximum absolute atomic E-state index is 12.9. The van der Waals surface area contributed by atoms with E-state index in [1.807, 2.05) is 0 Å². The number of nitrogens with one attached hydrogen (secondary N) is 1. The van der Waals surface area contributed by atoms with Crippen LogP contribution in [0, 0.1) is 5.82 Å². The lowest BCUT2D eigenvalue weighted by atomic mass is 10.0. The number of amides is 1. The van der Waals surface area contributed by atoms with Gasteiger partial charge in [-0.2, -0.15) is 0 Å². The molecule has 0 spiro atoms. The molecule has 1 aliphatic carbocycles. The average molecular weight is 341 g/mol. The Hall–Kier alpha value is -2.69. The van der Waals surface area contributed by atoms with Crippen molar-refractivity contribution in [3.63, 3.8) is 0 Å². The summed E-state index contributed by atoms with van der Waals surface area (Å²) < 4.78 is 18.4. The third kappa shape index (κ3) is 4.66. The highest BCUT2D eigenvalue weighted by Crippen LogP contribution is 2.18. The zero-order valence-electron chi connectivity index (χ0n) is 13.8. The Morgan fingerprint density at radius 2 is 1.52 bits per heavy atom. The van der Waals surface area contributed by atoms with Gasteiger partial charge in [0.05, 0.1) is 0 Å². The van der Waals surface area contributed by atoms with Gasteiger partial charge in [-0.3, -0.25) is 9.59 Å². The molecule has 130 valence electrons. The molecule has 0 atom stereocenters. The van der Waals surface area contributed by atoms with Gasteiger partial charge in [0.1, 0.15) is 11.6 Å². The van der Waals surface area contributed by atoms with Crippen molar-refractivity contribution in [2.45, 2.75) is 31.7 Å². The van der Waals surface area contributed by atoms with Crippen LogP contribution in [0.3, 0.4) is 0 Å². The maximum Gasteiger partial charge on any atom is 0.258 e. The fourth-order valence-electron chi connectivity index (χ4n) is 2.96. The van der Waals surface area contributed by atoms with E-state index in [9.17, 15) is 14.0 Å². The lowest BCUT2D eigenvalue weighted by Crippen LogP contribution is -2.36. The van der Waals surface area contributed by atoms with Crippen LogP contribution in [0.1, 0.15) is 41.6 Å². The van der Waals surface area contributed by atoms with Gasteiger partial charge in [-0.05, 0) is 61.4 Å². The van der Waals surface area contributed by atoms with Crippen molar-refractivity contribution in [1.29, 1.82) is 0 Å². The molecule has 0 unspecified atom stereocenters. The smallest absolute Gasteiger partial charge is 0.258 e. The third-order valence-corrected chi connectivity index (χ3v) is 4.31. The third-order valence-electron chi connectivity index (χ3n) is 4.31. The molecule has 5 heteroatoms. The molecule has 0 saturated heterocycles. The molecule has 25 heavy (non-hydrogen) atoms. The molecule has 1 saturated carbocycles. The van der Waals surface area contributed by atoms with Crippen LogP contribution in [0.4, 0.5) is 4.39 Å². The topological polar surface area (TPSA) is 55.4 Å². The molecule has 0 bridgehead atoms. The van der Waals surface area contributed by atoms with Crippen molar-refractivity contribution in [3.8, 4) is 5.75 Å². The highest BCUT2D eigenvalue weighted by molar-refractivity contribution is 6.09. The van der Waals surface area contributed by atoms with Gasteiger partial charge >= 0.3 is 0 Å². The molecule has 1 amide bonds. The van der Waals surface area contributed by atoms with Gasteiger partial charge in [0, 0.05) is 17.2 Å². The summed E-state index contributed by atoms with van der Waals surface area (Å²) in [4.78, 5) is 24.1. The van der Waals surface area contributed by atoms with Crippen LogP contribution < -0.4 is 10.1 Å². The first-order valence-electron chi connectivity index (χ1n) is 8.44. The number of ether oxygens (including phenoxy) is 1. The number of carbonyl (C=O) groups is 2. The predicted octanol–water partition coefficient (Wildman–Crippen LogP) is 3.49. The Kier molecular flexibility index (Phi) is 5.43. The second-order valence-corrected chi connectivity index (χ2v) is 6.20. The summed E-state index contributed by atoms with van der Waals surface area (Å²) >= 11 is 0. The van der Waals surface area contributed by atoms with E-state index < -0.39 is 0 Å². The fraction of sp³-hybridized carbons (Fsp3) is 0.300. The first-order chi connectivity index (χ1) is 12.1. The zero-order chi connectivity index (χ0) is 17.6. The summed E-state index contributed by atoms with van der Waals surface area (Å²) in [6, 6.07) is 12.3. The second kappa shape index (κ2) is 7.92. The Morgan fingerprint density at radius 3 is 2.12 bits per heavy atom. The maximum atomic E-state index is 12.9. The van der Waals surface area contributed by atoms with Gasteiger partial charge in [-0.1, -0.05) is 12.8 Å². The first kappa shape index (κ1) is 17.1. The largest absolute Gasteiger partial charge is 0.484 e. The van der Waals surface area contributed by atoms with Crippen LogP contribution in [0.5, 0.6) is 5.75 Å². The molecule has 4 nitrogen and oxygen atoms in total. The van der Waals surface area contributed by atoms with Crippen LogP contribution in [0.25, 0.3) is 0 Å². The molecular formula is C20H20FNO3. The Bertz CT molecular complexity index is 735. The van der Waals surface area contributed by atoms with Crippen molar-refractivity contribution in [1.82, 2.24) is 5.32 Å². The number of rotatable bonds is 6. The van der Waals surface area contributed by atoms with E-state index in [2.05, 4.69) is 5.32 Å². The minimum Gasteiger partial charge on any atom is -0.484 e. The molecule has 0 heterocycles. The van der Waals surface area contributed by atoms with E-state index in [1.54, 1.807) is 24.3 Å². The molecule has 1 N–H and O–H groups in total. The van der Waals surface area contributed by atoms with Crippen LogP contribution in [-0.4, -0.2) is 24.3 Å². The average Bonchev–Trinajstić information content (AvgIpc) is 3.13. The fourth-order valence-corrected chi connectivity index (χ4v) is 2.96. The minimum atomic E-state index is -0.379. The molecule has 2 aromatic rings. The highest BCUT2D eigenvalue weighted by Gasteiger charge is 2.17. The summed E-state index contributed by atoms with van der Waals surface area (Å²) in [5.41, 5.74) is 0.903. The number of benzene rings is 2. The molecule has 2 aromatic carbocycles. The summed E-state index contributed by atoms with van der Waals surface area (Å²) in [6.45, 7) is -0.0399. The Balaban J connectivity index is 1.53. The number of halogens is 1. The lowest BCUT2D eigenvalue weighted by Gasteiger charge is -2.12. The van der Waals surface area contributed by atoms with Gasteiger partial charge in [-0.25, -0.2) is 4.39 Å². The number of hydrogen-bond donors (Lipinski definition) is 1. The van der Waals surface area contributed by atoms with Crippen molar-refractivity contribution in [3.05, 3.63) is 65.5 Å². The van der Waals surface area contributed by atoms with Crippen LogP contribution in [0.15, 0.2) is 48.5 Å². The first-order valence-corrected chi connectivity index (χ1v) is 8.44. The summed E-state index contributed by atoms with van der Waals surface area (Å²) in [5.74, 6) is -0.169. The van der Waals surface area contributed by atoms with Gasteiger partial charge in [0.25, 0.3) is 5.91 Å². The Labute approximate surface area is 146 Å². The monoisotopic (exact) mass is 341 g/mol. The van der Waals surface area contributed by atoms with Gasteiger partial charge < -0.3 is 10.1 Å². The normalized spacial score (nSPS) is 14.3. The summed E-state index contributed by atoms with van der Waals surface area (Å²) in [7, 11) is 0. The van der Waals surface area contributed by atoms with E-state index in [0.29, 0.717) is 16.9 Å². The van der Waals surface area contributed by atoms with E-state index in [4.69, 9.17) is 4.74 Å². The SMILES string of the molecule is O=C(COc1ccc(C(=O)c2ccc(F)cc2)cc1)NC1CCCC1. The highest BCUT2D eigenvalue weighted by atomic mass is 19.1. The standard InChI is InChI=1S/C20H20FNO3/c21-16-9-5-14(6-10-16)20(24)15-7-11-18(12-8-15)25-13-19(23)22-17-3-1-2-4-17/h5-12,17H,1-4,13H2,(H,22,23).